The Labute approximate surface area is 120 Å². The molecule has 0 saturated heterocycles. The van der Waals surface area contributed by atoms with Crippen molar-refractivity contribution in [2.75, 3.05) is 7.11 Å². The van der Waals surface area contributed by atoms with Gasteiger partial charge in [-0.25, -0.2) is 0 Å². The van der Waals surface area contributed by atoms with Crippen molar-refractivity contribution in [1.82, 2.24) is 9.78 Å². The van der Waals surface area contributed by atoms with Gasteiger partial charge in [-0.3, -0.25) is 4.68 Å². The number of methoxy groups -OCH3 is 1. The van der Waals surface area contributed by atoms with Crippen molar-refractivity contribution in [1.29, 1.82) is 0 Å². The molecule has 1 aromatic carbocycles. The molecule has 0 radical (unpaired) electrons. The fourth-order valence-corrected chi connectivity index (χ4v) is 2.50. The maximum atomic E-state index is 6.54. The fraction of sp³-hybridized carbons (Fsp3) is 0.438. The van der Waals surface area contributed by atoms with Crippen molar-refractivity contribution in [3.63, 3.8) is 0 Å². The van der Waals surface area contributed by atoms with Crippen molar-refractivity contribution < 1.29 is 4.74 Å². The van der Waals surface area contributed by atoms with Gasteiger partial charge in [-0.15, -0.1) is 0 Å². The normalized spacial score (nSPS) is 14.1. The molecule has 2 rings (SSSR count). The quantitative estimate of drug-likeness (QED) is 0.910. The lowest BCUT2D eigenvalue weighted by Gasteiger charge is -2.27. The van der Waals surface area contributed by atoms with Crippen LogP contribution in [0.15, 0.2) is 30.3 Å². The Morgan fingerprint density at radius 3 is 2.65 bits per heavy atom. The highest BCUT2D eigenvalue weighted by Crippen LogP contribution is 2.30. The van der Waals surface area contributed by atoms with Gasteiger partial charge in [-0.1, -0.05) is 25.1 Å². The minimum absolute atomic E-state index is 0.495. The molecule has 0 aliphatic rings. The molecule has 0 fully saturated rings. The molecule has 1 heterocycles. The number of para-hydroxylation sites is 1. The van der Waals surface area contributed by atoms with E-state index in [9.17, 15) is 0 Å². The summed E-state index contributed by atoms with van der Waals surface area (Å²) in [6, 6.07) is 10.0. The lowest BCUT2D eigenvalue weighted by molar-refractivity contribution is 0.383. The van der Waals surface area contributed by atoms with Crippen molar-refractivity contribution in [3.05, 3.63) is 47.3 Å². The molecule has 20 heavy (non-hydrogen) atoms. The minimum atomic E-state index is -0.495. The highest BCUT2D eigenvalue weighted by Gasteiger charge is 2.26. The molecular weight excluding hydrogens is 250 g/mol. The van der Waals surface area contributed by atoms with Crippen LogP contribution in [0.25, 0.3) is 0 Å². The Balaban J connectivity index is 2.32. The van der Waals surface area contributed by atoms with Crippen LogP contribution in [0, 0.1) is 0 Å². The zero-order valence-corrected chi connectivity index (χ0v) is 12.7. The molecule has 4 nitrogen and oxygen atoms in total. The number of nitrogens with two attached hydrogens (primary N) is 1. The summed E-state index contributed by atoms with van der Waals surface area (Å²) in [6.45, 7) is 4.14. The summed E-state index contributed by atoms with van der Waals surface area (Å²) in [5, 5.41) is 4.48. The monoisotopic (exact) mass is 273 g/mol. The lowest BCUT2D eigenvalue weighted by atomic mass is 9.87. The maximum Gasteiger partial charge on any atom is 0.123 e. The van der Waals surface area contributed by atoms with Crippen LogP contribution in [-0.2, 0) is 25.4 Å². The van der Waals surface area contributed by atoms with Gasteiger partial charge in [-0.2, -0.15) is 5.10 Å². The third-order valence-corrected chi connectivity index (χ3v) is 3.66. The molecule has 0 bridgehead atoms. The van der Waals surface area contributed by atoms with Crippen LogP contribution in [0.5, 0.6) is 5.75 Å². The van der Waals surface area contributed by atoms with Gasteiger partial charge in [0.2, 0.25) is 0 Å². The average Bonchev–Trinajstić information content (AvgIpc) is 2.78. The summed E-state index contributed by atoms with van der Waals surface area (Å²) in [7, 11) is 3.64. The van der Waals surface area contributed by atoms with E-state index in [4.69, 9.17) is 10.5 Å². The van der Waals surface area contributed by atoms with E-state index in [1.54, 1.807) is 7.11 Å². The third kappa shape index (κ3) is 2.85. The number of nitrogens with zero attached hydrogens (tertiary/aromatic N) is 2. The number of ether oxygens (including phenoxy) is 1. The van der Waals surface area contributed by atoms with Crippen LogP contribution in [0.4, 0.5) is 0 Å². The van der Waals surface area contributed by atoms with Gasteiger partial charge in [-0.05, 0) is 25.5 Å². The van der Waals surface area contributed by atoms with E-state index in [-0.39, 0.29) is 0 Å². The van der Waals surface area contributed by atoms with E-state index < -0.39 is 5.54 Å². The Bertz CT molecular complexity index is 587. The van der Waals surface area contributed by atoms with Crippen molar-refractivity contribution >= 4 is 0 Å². The van der Waals surface area contributed by atoms with Gasteiger partial charge in [0.1, 0.15) is 5.75 Å². The molecule has 2 N–H and O–H groups in total. The van der Waals surface area contributed by atoms with Gasteiger partial charge in [0.05, 0.1) is 12.8 Å². The number of hydrogen-bond acceptors (Lipinski definition) is 3. The second kappa shape index (κ2) is 5.67. The molecule has 1 aromatic heterocycles. The lowest BCUT2D eigenvalue weighted by Crippen LogP contribution is -2.36. The summed E-state index contributed by atoms with van der Waals surface area (Å²) >= 11 is 0. The largest absolute Gasteiger partial charge is 0.496 e. The SMILES string of the molecule is CCc1cc(CC(C)(N)c2ccccc2OC)n(C)n1. The summed E-state index contributed by atoms with van der Waals surface area (Å²) in [5.74, 6) is 0.829. The summed E-state index contributed by atoms with van der Waals surface area (Å²) in [4.78, 5) is 0. The van der Waals surface area contributed by atoms with E-state index in [0.717, 1.165) is 35.5 Å². The molecule has 0 amide bonds. The van der Waals surface area contributed by atoms with E-state index in [1.807, 2.05) is 42.9 Å². The van der Waals surface area contributed by atoms with Crippen molar-refractivity contribution in [2.24, 2.45) is 12.8 Å². The highest BCUT2D eigenvalue weighted by molar-refractivity contribution is 5.39. The maximum absolute atomic E-state index is 6.54. The summed E-state index contributed by atoms with van der Waals surface area (Å²) < 4.78 is 7.34. The van der Waals surface area contributed by atoms with E-state index in [2.05, 4.69) is 18.1 Å². The first-order chi connectivity index (χ1) is 9.47. The van der Waals surface area contributed by atoms with Gasteiger partial charge in [0, 0.05) is 30.3 Å². The third-order valence-electron chi connectivity index (χ3n) is 3.66. The van der Waals surface area contributed by atoms with Crippen LogP contribution < -0.4 is 10.5 Å². The average molecular weight is 273 g/mol. The topological polar surface area (TPSA) is 53.1 Å². The Morgan fingerprint density at radius 2 is 2.05 bits per heavy atom. The highest BCUT2D eigenvalue weighted by atomic mass is 16.5. The second-order valence-corrected chi connectivity index (χ2v) is 5.40. The number of benzene rings is 1. The molecule has 0 spiro atoms. The predicted octanol–water partition coefficient (Wildman–Crippen LogP) is 2.41. The van der Waals surface area contributed by atoms with Crippen molar-refractivity contribution in [3.8, 4) is 5.75 Å². The van der Waals surface area contributed by atoms with Crippen LogP contribution >= 0.6 is 0 Å². The minimum Gasteiger partial charge on any atom is -0.496 e. The van der Waals surface area contributed by atoms with Gasteiger partial charge in [0.15, 0.2) is 0 Å². The fourth-order valence-electron chi connectivity index (χ4n) is 2.50. The number of hydrogen-bond donors (Lipinski definition) is 1. The van der Waals surface area contributed by atoms with E-state index >= 15 is 0 Å². The van der Waals surface area contributed by atoms with E-state index in [1.165, 1.54) is 0 Å². The van der Waals surface area contributed by atoms with Crippen LogP contribution in [0.2, 0.25) is 0 Å². The standard InChI is InChI=1S/C16H23N3O/c1-5-12-10-13(19(3)18-12)11-16(2,17)14-8-6-7-9-15(14)20-4/h6-10H,5,11,17H2,1-4H3. The molecular formula is C16H23N3O. The first kappa shape index (κ1) is 14.6. The molecule has 108 valence electrons. The number of aromatic nitrogens is 2. The zero-order valence-electron chi connectivity index (χ0n) is 12.7. The summed E-state index contributed by atoms with van der Waals surface area (Å²) in [5.41, 5.74) is 9.30. The van der Waals surface area contributed by atoms with Gasteiger partial charge in [0.25, 0.3) is 0 Å². The first-order valence-electron chi connectivity index (χ1n) is 6.92. The predicted molar refractivity (Wildman–Crippen MR) is 80.8 cm³/mol. The smallest absolute Gasteiger partial charge is 0.123 e. The molecule has 4 heteroatoms. The Morgan fingerprint density at radius 1 is 1.35 bits per heavy atom. The molecule has 1 unspecified atom stereocenters. The Kier molecular flexibility index (Phi) is 4.14. The molecule has 0 saturated carbocycles. The number of rotatable bonds is 5. The van der Waals surface area contributed by atoms with E-state index in [0.29, 0.717) is 0 Å². The van der Waals surface area contributed by atoms with Crippen LogP contribution in [0.3, 0.4) is 0 Å². The second-order valence-electron chi connectivity index (χ2n) is 5.40. The van der Waals surface area contributed by atoms with Crippen molar-refractivity contribution in [2.45, 2.75) is 32.2 Å². The molecule has 0 aliphatic carbocycles. The van der Waals surface area contributed by atoms with Crippen LogP contribution in [0.1, 0.15) is 30.8 Å². The molecule has 0 aliphatic heterocycles. The summed E-state index contributed by atoms with van der Waals surface area (Å²) in [6.07, 6.45) is 1.65. The van der Waals surface area contributed by atoms with Crippen LogP contribution in [-0.4, -0.2) is 16.9 Å². The van der Waals surface area contributed by atoms with Gasteiger partial charge < -0.3 is 10.5 Å². The zero-order chi connectivity index (χ0) is 14.8. The Hall–Kier alpha value is -1.81. The van der Waals surface area contributed by atoms with Gasteiger partial charge >= 0.3 is 0 Å². The number of aryl methyl sites for hydroxylation is 2. The molecule has 2 aromatic rings. The first-order valence-corrected chi connectivity index (χ1v) is 6.92. The molecule has 1 atom stereocenters.